The summed E-state index contributed by atoms with van der Waals surface area (Å²) in [6.07, 6.45) is 1.30. The number of halogens is 1. The van der Waals surface area contributed by atoms with Gasteiger partial charge in [-0.1, -0.05) is 6.07 Å². The number of carbonyl (C=O) groups is 1. The molecule has 0 bridgehead atoms. The van der Waals surface area contributed by atoms with Crippen molar-refractivity contribution in [3.05, 3.63) is 39.5 Å². The third kappa shape index (κ3) is 2.38. The number of aryl methyl sites for hydroxylation is 1. The van der Waals surface area contributed by atoms with Crippen LogP contribution in [0.5, 0.6) is 0 Å². The number of rotatable bonds is 2. The van der Waals surface area contributed by atoms with Crippen molar-refractivity contribution in [2.45, 2.75) is 6.92 Å². The molecule has 1 aromatic carbocycles. The highest BCUT2D eigenvalue weighted by atomic mass is 127. The summed E-state index contributed by atoms with van der Waals surface area (Å²) in [7, 11) is 0. The van der Waals surface area contributed by atoms with E-state index in [0.29, 0.717) is 0 Å². The average Bonchev–Trinajstić information content (AvgIpc) is 2.77. The predicted octanol–water partition coefficient (Wildman–Crippen LogP) is 1.97. The second-order valence-corrected chi connectivity index (χ2v) is 4.41. The zero-order chi connectivity index (χ0) is 11.5. The van der Waals surface area contributed by atoms with E-state index in [4.69, 9.17) is 0 Å². The number of hydrogen-bond acceptors (Lipinski definition) is 3. The molecule has 1 amide bonds. The highest BCUT2D eigenvalue weighted by Crippen LogP contribution is 2.17. The number of amides is 1. The van der Waals surface area contributed by atoms with Crippen molar-refractivity contribution in [1.29, 1.82) is 0 Å². The fourth-order valence-corrected chi connectivity index (χ4v) is 1.69. The monoisotopic (exact) mass is 328 g/mol. The van der Waals surface area contributed by atoms with Crippen LogP contribution in [0.3, 0.4) is 0 Å². The third-order valence-electron chi connectivity index (χ3n) is 2.06. The SMILES string of the molecule is Cc1ccc(NC(=O)c2ncn[nH]2)cc1I. The molecule has 2 rings (SSSR count). The Morgan fingerprint density at radius 3 is 2.94 bits per heavy atom. The van der Waals surface area contributed by atoms with E-state index in [2.05, 4.69) is 43.1 Å². The lowest BCUT2D eigenvalue weighted by Gasteiger charge is -2.04. The lowest BCUT2D eigenvalue weighted by molar-refractivity contribution is 0.101. The molecule has 0 atom stereocenters. The molecule has 0 unspecified atom stereocenters. The first-order valence-corrected chi connectivity index (χ1v) is 5.67. The smallest absolute Gasteiger partial charge is 0.292 e. The third-order valence-corrected chi connectivity index (χ3v) is 3.22. The maximum absolute atomic E-state index is 11.6. The molecule has 2 aromatic rings. The number of H-pyrrole nitrogens is 1. The van der Waals surface area contributed by atoms with Crippen molar-refractivity contribution in [2.75, 3.05) is 5.32 Å². The fraction of sp³-hybridized carbons (Fsp3) is 0.100. The molecule has 5 nitrogen and oxygen atoms in total. The normalized spacial score (nSPS) is 10.1. The molecule has 0 aliphatic carbocycles. The molecule has 82 valence electrons. The van der Waals surface area contributed by atoms with Gasteiger partial charge in [-0.2, -0.15) is 5.10 Å². The van der Waals surface area contributed by atoms with Crippen LogP contribution >= 0.6 is 22.6 Å². The highest BCUT2D eigenvalue weighted by molar-refractivity contribution is 14.1. The van der Waals surface area contributed by atoms with E-state index < -0.39 is 0 Å². The molecule has 16 heavy (non-hydrogen) atoms. The number of carbonyl (C=O) groups excluding carboxylic acids is 1. The predicted molar refractivity (Wildman–Crippen MR) is 68.2 cm³/mol. The number of hydrogen-bond donors (Lipinski definition) is 2. The van der Waals surface area contributed by atoms with Crippen LogP contribution in [0.4, 0.5) is 5.69 Å². The minimum Gasteiger partial charge on any atom is -0.319 e. The lowest BCUT2D eigenvalue weighted by atomic mass is 10.2. The van der Waals surface area contributed by atoms with Gasteiger partial charge < -0.3 is 5.32 Å². The van der Waals surface area contributed by atoms with E-state index in [1.165, 1.54) is 11.9 Å². The highest BCUT2D eigenvalue weighted by Gasteiger charge is 2.08. The number of nitrogens with zero attached hydrogens (tertiary/aromatic N) is 2. The Labute approximate surface area is 106 Å². The number of aromatic nitrogens is 3. The molecule has 0 saturated carbocycles. The molecule has 2 N–H and O–H groups in total. The van der Waals surface area contributed by atoms with Gasteiger partial charge in [0.2, 0.25) is 5.82 Å². The van der Waals surface area contributed by atoms with Crippen LogP contribution in [0, 0.1) is 10.5 Å². The van der Waals surface area contributed by atoms with E-state index in [-0.39, 0.29) is 11.7 Å². The lowest BCUT2D eigenvalue weighted by Crippen LogP contribution is -2.13. The van der Waals surface area contributed by atoms with Crippen molar-refractivity contribution in [3.63, 3.8) is 0 Å². The van der Waals surface area contributed by atoms with Crippen molar-refractivity contribution < 1.29 is 4.79 Å². The summed E-state index contributed by atoms with van der Waals surface area (Å²) in [5, 5.41) is 8.86. The molecule has 1 aromatic heterocycles. The summed E-state index contributed by atoms with van der Waals surface area (Å²) in [6.45, 7) is 2.02. The molecule has 6 heteroatoms. The van der Waals surface area contributed by atoms with Crippen LogP contribution in [0.1, 0.15) is 16.2 Å². The van der Waals surface area contributed by atoms with Crippen LogP contribution in [-0.4, -0.2) is 21.1 Å². The second-order valence-electron chi connectivity index (χ2n) is 3.25. The maximum Gasteiger partial charge on any atom is 0.292 e. The summed E-state index contributed by atoms with van der Waals surface area (Å²) in [5.41, 5.74) is 1.93. The Balaban J connectivity index is 2.15. The molecule has 0 saturated heterocycles. The van der Waals surface area contributed by atoms with E-state index >= 15 is 0 Å². The van der Waals surface area contributed by atoms with Crippen LogP contribution < -0.4 is 5.32 Å². The van der Waals surface area contributed by atoms with Crippen molar-refractivity contribution in [3.8, 4) is 0 Å². The van der Waals surface area contributed by atoms with Gasteiger partial charge in [0.25, 0.3) is 5.91 Å². The molecule has 0 spiro atoms. The first-order chi connectivity index (χ1) is 7.66. The first-order valence-electron chi connectivity index (χ1n) is 4.59. The zero-order valence-corrected chi connectivity index (χ0v) is 10.6. The Hall–Kier alpha value is -1.44. The maximum atomic E-state index is 11.6. The zero-order valence-electron chi connectivity index (χ0n) is 8.49. The molecular formula is C10H9IN4O. The Kier molecular flexibility index (Phi) is 3.18. The summed E-state index contributed by atoms with van der Waals surface area (Å²) in [5.74, 6) is -0.0901. The summed E-state index contributed by atoms with van der Waals surface area (Å²) >= 11 is 2.22. The summed E-state index contributed by atoms with van der Waals surface area (Å²) in [4.78, 5) is 15.4. The minimum absolute atomic E-state index is 0.204. The average molecular weight is 328 g/mol. The summed E-state index contributed by atoms with van der Waals surface area (Å²) < 4.78 is 1.10. The van der Waals surface area contributed by atoms with Gasteiger partial charge in [-0.3, -0.25) is 9.89 Å². The number of benzene rings is 1. The molecule has 0 fully saturated rings. The molecule has 0 radical (unpaired) electrons. The summed E-state index contributed by atoms with van der Waals surface area (Å²) in [6, 6.07) is 5.72. The first kappa shape index (κ1) is 11.1. The van der Waals surface area contributed by atoms with E-state index in [9.17, 15) is 4.79 Å². The van der Waals surface area contributed by atoms with Crippen LogP contribution in [0.15, 0.2) is 24.5 Å². The van der Waals surface area contributed by atoms with Gasteiger partial charge in [0.1, 0.15) is 6.33 Å². The van der Waals surface area contributed by atoms with Gasteiger partial charge >= 0.3 is 0 Å². The van der Waals surface area contributed by atoms with Gasteiger partial charge in [-0.05, 0) is 47.2 Å². The van der Waals surface area contributed by atoms with Crippen molar-refractivity contribution in [1.82, 2.24) is 15.2 Å². The Bertz CT molecular complexity index is 510. The quantitative estimate of drug-likeness (QED) is 0.828. The largest absolute Gasteiger partial charge is 0.319 e. The van der Waals surface area contributed by atoms with E-state index in [1.807, 2.05) is 25.1 Å². The molecule has 1 heterocycles. The van der Waals surface area contributed by atoms with Gasteiger partial charge in [0.05, 0.1) is 0 Å². The standard InChI is InChI=1S/C10H9IN4O/c1-6-2-3-7(4-8(6)11)14-10(16)9-12-5-13-15-9/h2-5H,1H3,(H,14,16)(H,12,13,15). The number of anilines is 1. The van der Waals surface area contributed by atoms with Crippen LogP contribution in [-0.2, 0) is 0 Å². The Morgan fingerprint density at radius 1 is 1.50 bits per heavy atom. The van der Waals surface area contributed by atoms with Gasteiger partial charge in [0, 0.05) is 9.26 Å². The number of aromatic amines is 1. The van der Waals surface area contributed by atoms with E-state index in [0.717, 1.165) is 9.26 Å². The van der Waals surface area contributed by atoms with Crippen LogP contribution in [0.25, 0.3) is 0 Å². The topological polar surface area (TPSA) is 70.7 Å². The van der Waals surface area contributed by atoms with Crippen molar-refractivity contribution >= 4 is 34.2 Å². The van der Waals surface area contributed by atoms with Crippen LogP contribution in [0.2, 0.25) is 0 Å². The van der Waals surface area contributed by atoms with Crippen molar-refractivity contribution in [2.24, 2.45) is 0 Å². The van der Waals surface area contributed by atoms with Gasteiger partial charge in [-0.15, -0.1) is 0 Å². The minimum atomic E-state index is -0.294. The van der Waals surface area contributed by atoms with Gasteiger partial charge in [-0.25, -0.2) is 4.98 Å². The Morgan fingerprint density at radius 2 is 2.31 bits per heavy atom. The number of nitrogens with one attached hydrogen (secondary N) is 2. The fourth-order valence-electron chi connectivity index (χ4n) is 1.18. The van der Waals surface area contributed by atoms with E-state index in [1.54, 1.807) is 0 Å². The van der Waals surface area contributed by atoms with Gasteiger partial charge in [0.15, 0.2) is 0 Å². The molecule has 0 aliphatic rings. The molecule has 0 aliphatic heterocycles. The second kappa shape index (κ2) is 4.60. The molecular weight excluding hydrogens is 319 g/mol.